The lowest BCUT2D eigenvalue weighted by Crippen LogP contribution is -2.36. The van der Waals surface area contributed by atoms with Crippen LogP contribution >= 0.6 is 15.9 Å². The smallest absolute Gasteiger partial charge is 0.335 e. The number of aromatic carboxylic acids is 1. The van der Waals surface area contributed by atoms with Crippen LogP contribution in [0.1, 0.15) is 10.4 Å². The zero-order valence-corrected chi connectivity index (χ0v) is 12.6. The first-order valence-corrected chi connectivity index (χ1v) is 7.19. The van der Waals surface area contributed by atoms with Gasteiger partial charge in [0.15, 0.2) is 16.9 Å². The lowest BCUT2D eigenvalue weighted by Gasteiger charge is -2.27. The number of fused-ring (bicyclic) bond motifs is 1. The van der Waals surface area contributed by atoms with Crippen LogP contribution in [0.25, 0.3) is 11.0 Å². The van der Waals surface area contributed by atoms with Crippen molar-refractivity contribution >= 4 is 38.8 Å². The Kier molecular flexibility index (Phi) is 3.69. The summed E-state index contributed by atoms with van der Waals surface area (Å²) in [5, 5.41) is 9.29. The van der Waals surface area contributed by atoms with Crippen LogP contribution in [0.5, 0.6) is 0 Å². The van der Waals surface area contributed by atoms with Gasteiger partial charge < -0.3 is 19.2 Å². The second kappa shape index (κ2) is 5.50. The Morgan fingerprint density at radius 2 is 1.95 bits per heavy atom. The molecule has 7 heteroatoms. The van der Waals surface area contributed by atoms with Crippen molar-refractivity contribution in [3.8, 4) is 0 Å². The van der Waals surface area contributed by atoms with Crippen molar-refractivity contribution < 1.29 is 19.1 Å². The molecule has 0 spiro atoms. The van der Waals surface area contributed by atoms with E-state index in [4.69, 9.17) is 14.3 Å². The molecule has 21 heavy (non-hydrogen) atoms. The predicted octanol–water partition coefficient (Wildman–Crippen LogP) is 2.09. The molecule has 1 aromatic heterocycles. The van der Waals surface area contributed by atoms with Crippen molar-refractivity contribution in [2.75, 3.05) is 31.2 Å². The fourth-order valence-electron chi connectivity index (χ4n) is 2.27. The van der Waals surface area contributed by atoms with Crippen molar-refractivity contribution in [3.63, 3.8) is 0 Å². The van der Waals surface area contributed by atoms with Crippen LogP contribution in [0, 0.1) is 0 Å². The average molecular weight is 354 g/mol. The number of nitrogens with zero attached hydrogens (tertiary/aromatic N) is 1. The molecule has 6 nitrogen and oxygen atoms in total. The fourth-order valence-corrected chi connectivity index (χ4v) is 2.81. The Labute approximate surface area is 128 Å². The summed E-state index contributed by atoms with van der Waals surface area (Å²) in [6.07, 6.45) is 0. The van der Waals surface area contributed by atoms with Crippen LogP contribution in [0.4, 0.5) is 5.88 Å². The van der Waals surface area contributed by atoms with Gasteiger partial charge in [-0.3, -0.25) is 4.79 Å². The molecule has 1 aliphatic rings. The van der Waals surface area contributed by atoms with E-state index in [-0.39, 0.29) is 16.4 Å². The maximum Gasteiger partial charge on any atom is 0.335 e. The van der Waals surface area contributed by atoms with Gasteiger partial charge >= 0.3 is 5.97 Å². The van der Waals surface area contributed by atoms with Crippen molar-refractivity contribution in [1.29, 1.82) is 0 Å². The number of hydrogen-bond donors (Lipinski definition) is 1. The third-order valence-corrected chi connectivity index (χ3v) is 3.93. The van der Waals surface area contributed by atoms with Gasteiger partial charge in [-0.15, -0.1) is 0 Å². The fraction of sp³-hybridized carbons (Fsp3) is 0.286. The minimum absolute atomic E-state index is 0.0424. The van der Waals surface area contributed by atoms with Gasteiger partial charge in [-0.2, -0.15) is 0 Å². The van der Waals surface area contributed by atoms with Gasteiger partial charge in [0, 0.05) is 19.2 Å². The lowest BCUT2D eigenvalue weighted by molar-refractivity contribution is 0.0697. The first kappa shape index (κ1) is 14.1. The zero-order valence-electron chi connectivity index (χ0n) is 11.0. The Morgan fingerprint density at radius 1 is 1.24 bits per heavy atom. The number of ether oxygens (including phenoxy) is 1. The van der Waals surface area contributed by atoms with Crippen LogP contribution in [-0.4, -0.2) is 37.4 Å². The van der Waals surface area contributed by atoms with Crippen molar-refractivity contribution in [1.82, 2.24) is 0 Å². The molecule has 0 saturated carbocycles. The Morgan fingerprint density at radius 3 is 2.62 bits per heavy atom. The molecule has 1 aromatic carbocycles. The first-order valence-electron chi connectivity index (χ1n) is 6.39. The third-order valence-electron chi connectivity index (χ3n) is 3.34. The highest BCUT2D eigenvalue weighted by molar-refractivity contribution is 9.10. The van der Waals surface area contributed by atoms with E-state index in [2.05, 4.69) is 15.9 Å². The van der Waals surface area contributed by atoms with E-state index >= 15 is 0 Å². The number of carboxylic acid groups (broad SMARTS) is 1. The molecule has 1 saturated heterocycles. The van der Waals surface area contributed by atoms with E-state index in [1.807, 2.05) is 4.90 Å². The molecule has 0 aliphatic carbocycles. The SMILES string of the molecule is O=C(O)c1cc(Br)c2oc(N3CCOCC3)cc(=O)c2c1. The van der Waals surface area contributed by atoms with Gasteiger partial charge in [0.05, 0.1) is 28.6 Å². The summed E-state index contributed by atoms with van der Waals surface area (Å²) in [4.78, 5) is 25.2. The zero-order chi connectivity index (χ0) is 15.0. The van der Waals surface area contributed by atoms with E-state index in [0.717, 1.165) is 0 Å². The summed E-state index contributed by atoms with van der Waals surface area (Å²) >= 11 is 3.27. The number of morpholine rings is 1. The molecule has 0 atom stereocenters. The molecule has 2 aromatic rings. The Bertz CT molecular complexity index is 764. The summed E-state index contributed by atoms with van der Waals surface area (Å²) in [6.45, 7) is 2.47. The van der Waals surface area contributed by atoms with E-state index < -0.39 is 5.97 Å². The van der Waals surface area contributed by atoms with Crippen LogP contribution < -0.4 is 10.3 Å². The first-order chi connectivity index (χ1) is 10.1. The minimum atomic E-state index is -1.09. The minimum Gasteiger partial charge on any atom is -0.478 e. The van der Waals surface area contributed by atoms with Crippen LogP contribution in [-0.2, 0) is 4.74 Å². The van der Waals surface area contributed by atoms with Gasteiger partial charge in [0.2, 0.25) is 0 Å². The van der Waals surface area contributed by atoms with E-state index in [1.165, 1.54) is 18.2 Å². The third kappa shape index (κ3) is 2.66. The standard InChI is InChI=1S/C14H12BrNO5/c15-10-6-8(14(18)19)5-9-11(17)7-12(21-13(9)10)16-1-3-20-4-2-16/h5-7H,1-4H2,(H,18,19). The topological polar surface area (TPSA) is 80.0 Å². The predicted molar refractivity (Wildman–Crippen MR) is 80.2 cm³/mol. The molecule has 3 rings (SSSR count). The number of anilines is 1. The van der Waals surface area contributed by atoms with Crippen LogP contribution in [0.2, 0.25) is 0 Å². The highest BCUT2D eigenvalue weighted by Crippen LogP contribution is 2.28. The summed E-state index contributed by atoms with van der Waals surface area (Å²) in [5.74, 6) is -0.617. The molecule has 1 aliphatic heterocycles. The van der Waals surface area contributed by atoms with Gasteiger partial charge in [0.1, 0.15) is 0 Å². The number of rotatable bonds is 2. The van der Waals surface area contributed by atoms with Gasteiger partial charge in [-0.25, -0.2) is 4.79 Å². The monoisotopic (exact) mass is 353 g/mol. The summed E-state index contributed by atoms with van der Waals surface area (Å²) in [5.41, 5.74) is 0.135. The highest BCUT2D eigenvalue weighted by Gasteiger charge is 2.18. The molecule has 2 heterocycles. The second-order valence-corrected chi connectivity index (χ2v) is 5.54. The normalized spacial score (nSPS) is 15.4. The molecule has 0 radical (unpaired) electrons. The summed E-state index contributed by atoms with van der Waals surface area (Å²) in [7, 11) is 0. The largest absolute Gasteiger partial charge is 0.478 e. The number of carboxylic acids is 1. The number of hydrogen-bond acceptors (Lipinski definition) is 5. The number of benzene rings is 1. The molecule has 0 amide bonds. The van der Waals surface area contributed by atoms with Crippen molar-refractivity contribution in [2.45, 2.75) is 0 Å². The van der Waals surface area contributed by atoms with Gasteiger partial charge in [-0.1, -0.05) is 0 Å². The Balaban J connectivity index is 2.15. The molecular formula is C14H12BrNO5. The van der Waals surface area contributed by atoms with E-state index in [9.17, 15) is 9.59 Å². The van der Waals surface area contributed by atoms with Crippen molar-refractivity contribution in [2.24, 2.45) is 0 Å². The Hall–Kier alpha value is -1.86. The van der Waals surface area contributed by atoms with E-state index in [0.29, 0.717) is 42.2 Å². The van der Waals surface area contributed by atoms with Gasteiger partial charge in [0.25, 0.3) is 0 Å². The highest BCUT2D eigenvalue weighted by atomic mass is 79.9. The lowest BCUT2D eigenvalue weighted by atomic mass is 10.1. The van der Waals surface area contributed by atoms with Gasteiger partial charge in [-0.05, 0) is 28.1 Å². The maximum absolute atomic E-state index is 12.2. The molecule has 110 valence electrons. The van der Waals surface area contributed by atoms with Crippen LogP contribution in [0.15, 0.2) is 31.9 Å². The van der Waals surface area contributed by atoms with Crippen LogP contribution in [0.3, 0.4) is 0 Å². The summed E-state index contributed by atoms with van der Waals surface area (Å²) in [6, 6.07) is 4.15. The van der Waals surface area contributed by atoms with E-state index in [1.54, 1.807) is 0 Å². The molecule has 0 unspecified atom stereocenters. The number of carbonyl (C=O) groups is 1. The maximum atomic E-state index is 12.2. The molecule has 0 bridgehead atoms. The molecule has 1 N–H and O–H groups in total. The number of halogens is 1. The second-order valence-electron chi connectivity index (χ2n) is 4.69. The average Bonchev–Trinajstić information content (AvgIpc) is 2.48. The van der Waals surface area contributed by atoms with Crippen molar-refractivity contribution in [3.05, 3.63) is 38.5 Å². The molecular weight excluding hydrogens is 342 g/mol. The quantitative estimate of drug-likeness (QED) is 0.890. The molecule has 1 fully saturated rings. The summed E-state index contributed by atoms with van der Waals surface area (Å²) < 4.78 is 11.5.